The number of nitrogens with one attached hydrogen (secondary N) is 1. The van der Waals surface area contributed by atoms with Crippen LogP contribution in [-0.4, -0.2) is 33.0 Å². The minimum absolute atomic E-state index is 0.103. The van der Waals surface area contributed by atoms with Crippen LogP contribution in [-0.2, 0) is 10.0 Å². The van der Waals surface area contributed by atoms with Crippen molar-refractivity contribution in [3.05, 3.63) is 52.2 Å². The lowest BCUT2D eigenvalue weighted by molar-refractivity contribution is 0.165. The van der Waals surface area contributed by atoms with Crippen molar-refractivity contribution in [2.75, 3.05) is 19.6 Å². The number of thiophene rings is 1. The molecule has 1 aliphatic rings. The van der Waals surface area contributed by atoms with E-state index in [4.69, 9.17) is 0 Å². The summed E-state index contributed by atoms with van der Waals surface area (Å²) in [6.45, 7) is 6.68. The zero-order valence-corrected chi connectivity index (χ0v) is 17.2. The average Bonchev–Trinajstić information content (AvgIpc) is 3.17. The summed E-state index contributed by atoms with van der Waals surface area (Å²) in [7, 11) is -3.50. The van der Waals surface area contributed by atoms with E-state index in [1.165, 1.54) is 24.8 Å². The summed E-state index contributed by atoms with van der Waals surface area (Å²) in [5.41, 5.74) is 2.35. The highest BCUT2D eigenvalue weighted by Crippen LogP contribution is 2.26. The molecule has 4 nitrogen and oxygen atoms in total. The number of piperidine rings is 1. The number of likely N-dealkylation sites (tertiary alicyclic amines) is 1. The van der Waals surface area contributed by atoms with Gasteiger partial charge in [-0.25, -0.2) is 13.1 Å². The third-order valence-electron chi connectivity index (χ3n) is 5.08. The van der Waals surface area contributed by atoms with Crippen molar-refractivity contribution >= 4 is 21.4 Å². The van der Waals surface area contributed by atoms with Gasteiger partial charge in [0.15, 0.2) is 0 Å². The zero-order valence-electron chi connectivity index (χ0n) is 15.5. The normalized spacial score (nSPS) is 17.5. The lowest BCUT2D eigenvalue weighted by Gasteiger charge is -2.34. The zero-order chi connectivity index (χ0) is 18.6. The van der Waals surface area contributed by atoms with Gasteiger partial charge in [0, 0.05) is 12.6 Å². The van der Waals surface area contributed by atoms with Crippen molar-refractivity contribution in [1.29, 1.82) is 0 Å². The lowest BCUT2D eigenvalue weighted by atomic mass is 10.0. The molecule has 1 unspecified atom stereocenters. The largest absolute Gasteiger partial charge is 0.295 e. The van der Waals surface area contributed by atoms with E-state index in [0.29, 0.717) is 17.4 Å². The third-order valence-corrected chi connectivity index (χ3v) is 7.22. The fraction of sp³-hybridized carbons (Fsp3) is 0.500. The van der Waals surface area contributed by atoms with Crippen LogP contribution in [0.3, 0.4) is 0 Å². The molecular formula is C20H28N2O2S2. The predicted molar refractivity (Wildman–Crippen MR) is 108 cm³/mol. The van der Waals surface area contributed by atoms with Crippen LogP contribution in [0.1, 0.15) is 56.2 Å². The first-order valence-corrected chi connectivity index (χ1v) is 11.8. The van der Waals surface area contributed by atoms with Crippen molar-refractivity contribution in [2.45, 2.75) is 50.0 Å². The van der Waals surface area contributed by atoms with Crippen molar-refractivity contribution < 1.29 is 8.42 Å². The first-order valence-electron chi connectivity index (χ1n) is 9.33. The van der Waals surface area contributed by atoms with Crippen LogP contribution < -0.4 is 4.72 Å². The van der Waals surface area contributed by atoms with Crippen LogP contribution in [0.2, 0.25) is 0 Å². The van der Waals surface area contributed by atoms with Crippen molar-refractivity contribution in [3.63, 3.8) is 0 Å². The number of benzene rings is 1. The Labute approximate surface area is 161 Å². The highest BCUT2D eigenvalue weighted by atomic mass is 32.2. The molecule has 1 N–H and O–H groups in total. The van der Waals surface area contributed by atoms with Gasteiger partial charge < -0.3 is 0 Å². The van der Waals surface area contributed by atoms with E-state index < -0.39 is 10.0 Å². The Kier molecular flexibility index (Phi) is 6.51. The molecule has 1 aliphatic heterocycles. The lowest BCUT2D eigenvalue weighted by Crippen LogP contribution is -2.40. The molecular weight excluding hydrogens is 364 g/mol. The standard InChI is InChI=1S/C20H28N2O2S2/c1-16(2)17-6-8-19(9-7-17)26(23,24)21-14-20(18-10-13-25-15-18)22-11-4-3-5-12-22/h6-10,13,15-16,20-21H,3-5,11-12,14H2,1-2H3. The predicted octanol–water partition coefficient (Wildman–Crippen LogP) is 4.38. The summed E-state index contributed by atoms with van der Waals surface area (Å²) in [5.74, 6) is 0.391. The van der Waals surface area contributed by atoms with Gasteiger partial charge in [-0.15, -0.1) is 0 Å². The molecule has 26 heavy (non-hydrogen) atoms. The number of hydrogen-bond acceptors (Lipinski definition) is 4. The molecule has 0 radical (unpaired) electrons. The maximum Gasteiger partial charge on any atom is 0.240 e. The third kappa shape index (κ3) is 4.74. The SMILES string of the molecule is CC(C)c1ccc(S(=O)(=O)NCC(c2ccsc2)N2CCCCC2)cc1. The second kappa shape index (κ2) is 8.65. The monoisotopic (exact) mass is 392 g/mol. The van der Waals surface area contributed by atoms with Gasteiger partial charge in [0.25, 0.3) is 0 Å². The van der Waals surface area contributed by atoms with Gasteiger partial charge >= 0.3 is 0 Å². The fourth-order valence-corrected chi connectivity index (χ4v) is 5.20. The smallest absolute Gasteiger partial charge is 0.240 e. The number of hydrogen-bond donors (Lipinski definition) is 1. The number of sulfonamides is 1. The number of nitrogens with zero attached hydrogens (tertiary/aromatic N) is 1. The molecule has 142 valence electrons. The van der Waals surface area contributed by atoms with Crippen molar-refractivity contribution in [3.8, 4) is 0 Å². The molecule has 0 saturated carbocycles. The summed E-state index contributed by atoms with van der Waals surface area (Å²) < 4.78 is 28.3. The van der Waals surface area contributed by atoms with E-state index in [2.05, 4.69) is 40.3 Å². The van der Waals surface area contributed by atoms with Crippen LogP contribution in [0.15, 0.2) is 46.0 Å². The fourth-order valence-electron chi connectivity index (χ4n) is 3.46. The molecule has 1 aromatic carbocycles. The molecule has 6 heteroatoms. The van der Waals surface area contributed by atoms with Gasteiger partial charge in [0.05, 0.1) is 4.90 Å². The van der Waals surface area contributed by atoms with Gasteiger partial charge in [-0.3, -0.25) is 4.90 Å². The molecule has 2 aromatic rings. The van der Waals surface area contributed by atoms with Gasteiger partial charge in [-0.05, 0) is 71.9 Å². The Morgan fingerprint density at radius 2 is 1.73 bits per heavy atom. The van der Waals surface area contributed by atoms with Crippen LogP contribution in [0.5, 0.6) is 0 Å². The maximum atomic E-state index is 12.7. The Bertz CT molecular complexity index is 778. The number of rotatable bonds is 7. The van der Waals surface area contributed by atoms with Crippen molar-refractivity contribution in [2.24, 2.45) is 0 Å². The van der Waals surface area contributed by atoms with Crippen LogP contribution in [0, 0.1) is 0 Å². The van der Waals surface area contributed by atoms with Gasteiger partial charge in [-0.2, -0.15) is 11.3 Å². The summed E-state index contributed by atoms with van der Waals surface area (Å²) >= 11 is 1.66. The average molecular weight is 393 g/mol. The molecule has 1 aromatic heterocycles. The Hall–Kier alpha value is -1.21. The highest BCUT2D eigenvalue weighted by Gasteiger charge is 2.25. The Morgan fingerprint density at radius 1 is 1.04 bits per heavy atom. The molecule has 1 saturated heterocycles. The van der Waals surface area contributed by atoms with Crippen molar-refractivity contribution in [1.82, 2.24) is 9.62 Å². The van der Waals surface area contributed by atoms with Crippen LogP contribution >= 0.6 is 11.3 Å². The minimum atomic E-state index is -3.50. The molecule has 1 fully saturated rings. The summed E-state index contributed by atoms with van der Waals surface area (Å²) in [5, 5.41) is 4.19. The van der Waals surface area contributed by atoms with E-state index in [0.717, 1.165) is 18.7 Å². The van der Waals surface area contributed by atoms with E-state index in [1.54, 1.807) is 23.5 Å². The van der Waals surface area contributed by atoms with Crippen LogP contribution in [0.25, 0.3) is 0 Å². The van der Waals surface area contributed by atoms with Crippen LogP contribution in [0.4, 0.5) is 0 Å². The molecule has 0 bridgehead atoms. The molecule has 0 aliphatic carbocycles. The summed E-state index contributed by atoms with van der Waals surface area (Å²) in [6, 6.07) is 9.43. The summed E-state index contributed by atoms with van der Waals surface area (Å²) in [4.78, 5) is 2.75. The van der Waals surface area contributed by atoms with Gasteiger partial charge in [0.1, 0.15) is 0 Å². The second-order valence-electron chi connectivity index (χ2n) is 7.24. The molecule has 1 atom stereocenters. The first-order chi connectivity index (χ1) is 12.5. The maximum absolute atomic E-state index is 12.7. The topological polar surface area (TPSA) is 49.4 Å². The highest BCUT2D eigenvalue weighted by molar-refractivity contribution is 7.89. The Morgan fingerprint density at radius 3 is 2.31 bits per heavy atom. The van der Waals surface area contributed by atoms with Gasteiger partial charge in [-0.1, -0.05) is 32.4 Å². The summed E-state index contributed by atoms with van der Waals surface area (Å²) in [6.07, 6.45) is 3.63. The molecule has 2 heterocycles. The second-order valence-corrected chi connectivity index (χ2v) is 9.79. The van der Waals surface area contributed by atoms with Gasteiger partial charge in [0.2, 0.25) is 10.0 Å². The Balaban J connectivity index is 1.73. The van der Waals surface area contributed by atoms with E-state index >= 15 is 0 Å². The molecule has 0 amide bonds. The minimum Gasteiger partial charge on any atom is -0.295 e. The van der Waals surface area contributed by atoms with E-state index in [9.17, 15) is 8.42 Å². The van der Waals surface area contributed by atoms with E-state index in [1.807, 2.05) is 12.1 Å². The quantitative estimate of drug-likeness (QED) is 0.761. The molecule has 3 rings (SSSR count). The van der Waals surface area contributed by atoms with E-state index in [-0.39, 0.29) is 6.04 Å². The first kappa shape index (κ1) is 19.5. The molecule has 0 spiro atoms.